The van der Waals surface area contributed by atoms with Gasteiger partial charge < -0.3 is 9.47 Å². The monoisotopic (exact) mass is 348 g/mol. The molecule has 1 unspecified atom stereocenters. The van der Waals surface area contributed by atoms with Crippen molar-refractivity contribution in [3.63, 3.8) is 0 Å². The molecule has 2 aliphatic carbocycles. The molecular weight excluding hydrogens is 327 g/mol. The van der Waals surface area contributed by atoms with Gasteiger partial charge in [0.15, 0.2) is 5.79 Å². The van der Waals surface area contributed by atoms with Crippen LogP contribution in [0, 0.1) is 11.8 Å². The molecule has 1 spiro atoms. The van der Waals surface area contributed by atoms with Crippen LogP contribution in [0.15, 0.2) is 9.66 Å². The summed E-state index contributed by atoms with van der Waals surface area (Å²) >= 11 is 2.48. The number of halogens is 1. The Hall–Kier alpha value is 0.390. The van der Waals surface area contributed by atoms with E-state index in [2.05, 4.69) is 28.7 Å². The lowest BCUT2D eigenvalue weighted by atomic mass is 9.73. The van der Waals surface area contributed by atoms with Crippen molar-refractivity contribution in [1.82, 2.24) is 0 Å². The number of ether oxygens (including phenoxy) is 2. The molecule has 3 rings (SSSR count). The Balaban J connectivity index is 1.54. The number of allylic oxidation sites excluding steroid dienone is 2. The third-order valence-corrected chi connectivity index (χ3v) is 5.65. The number of hydrogen-bond donors (Lipinski definition) is 0. The van der Waals surface area contributed by atoms with Gasteiger partial charge in [0, 0.05) is 12.8 Å². The maximum atomic E-state index is 5.80. The Morgan fingerprint density at radius 3 is 2.35 bits per heavy atom. The smallest absolute Gasteiger partial charge is 0.168 e. The predicted octanol–water partition coefficient (Wildman–Crippen LogP) is 4.04. The fourth-order valence-corrected chi connectivity index (χ4v) is 4.15. The van der Waals surface area contributed by atoms with Gasteiger partial charge in [-0.25, -0.2) is 0 Å². The second kappa shape index (κ2) is 5.17. The summed E-state index contributed by atoms with van der Waals surface area (Å²) in [6.45, 7) is 1.60. The highest BCUT2D eigenvalue weighted by Gasteiger charge is 2.41. The summed E-state index contributed by atoms with van der Waals surface area (Å²) in [6.07, 6.45) is 11.3. The Morgan fingerprint density at radius 2 is 1.76 bits per heavy atom. The minimum atomic E-state index is -0.171. The van der Waals surface area contributed by atoms with Gasteiger partial charge in [-0.2, -0.15) is 0 Å². The first-order valence-electron chi connectivity index (χ1n) is 6.90. The van der Waals surface area contributed by atoms with E-state index in [1.807, 2.05) is 0 Å². The molecule has 0 amide bonds. The zero-order valence-electron chi connectivity index (χ0n) is 10.3. The SMILES string of the molecule is IC1=CCC(C2CCC3(CC2)OCCO3)CC1. The Bertz CT molecular complexity index is 297. The first-order valence-corrected chi connectivity index (χ1v) is 7.98. The summed E-state index contributed by atoms with van der Waals surface area (Å²) in [5.74, 6) is 1.66. The quantitative estimate of drug-likeness (QED) is 0.666. The third kappa shape index (κ3) is 2.71. The van der Waals surface area contributed by atoms with Crippen LogP contribution in [0.2, 0.25) is 0 Å². The summed E-state index contributed by atoms with van der Waals surface area (Å²) < 4.78 is 13.2. The van der Waals surface area contributed by atoms with E-state index in [9.17, 15) is 0 Å². The van der Waals surface area contributed by atoms with Gasteiger partial charge in [-0.3, -0.25) is 0 Å². The molecule has 1 atom stereocenters. The van der Waals surface area contributed by atoms with Crippen molar-refractivity contribution in [2.75, 3.05) is 13.2 Å². The molecule has 0 bridgehead atoms. The van der Waals surface area contributed by atoms with E-state index in [1.165, 1.54) is 32.1 Å². The molecule has 17 heavy (non-hydrogen) atoms. The van der Waals surface area contributed by atoms with Crippen LogP contribution < -0.4 is 0 Å². The first kappa shape index (κ1) is 12.4. The maximum absolute atomic E-state index is 5.80. The molecule has 2 nitrogen and oxygen atoms in total. The molecule has 0 aromatic heterocycles. The van der Waals surface area contributed by atoms with Crippen LogP contribution >= 0.6 is 22.6 Å². The van der Waals surface area contributed by atoms with Crippen LogP contribution in [0.3, 0.4) is 0 Å². The molecular formula is C14H21IO2. The van der Waals surface area contributed by atoms with Gasteiger partial charge in [0.1, 0.15) is 0 Å². The van der Waals surface area contributed by atoms with Crippen LogP contribution in [0.5, 0.6) is 0 Å². The summed E-state index contributed by atoms with van der Waals surface area (Å²) in [4.78, 5) is 0. The van der Waals surface area contributed by atoms with Gasteiger partial charge in [0.25, 0.3) is 0 Å². The van der Waals surface area contributed by atoms with Gasteiger partial charge in [0.05, 0.1) is 13.2 Å². The lowest BCUT2D eigenvalue weighted by molar-refractivity contribution is -0.184. The first-order chi connectivity index (χ1) is 8.27. The predicted molar refractivity (Wildman–Crippen MR) is 76.0 cm³/mol. The lowest BCUT2D eigenvalue weighted by Crippen LogP contribution is -2.37. The average molecular weight is 348 g/mol. The molecule has 0 aromatic carbocycles. The standard InChI is InChI=1S/C14H21IO2/c15-13-3-1-11(2-4-13)12-5-7-14(8-6-12)16-9-10-17-14/h3,11-12H,1-2,4-10H2. The molecule has 1 heterocycles. The zero-order valence-corrected chi connectivity index (χ0v) is 12.4. The van der Waals surface area contributed by atoms with Crippen molar-refractivity contribution in [2.24, 2.45) is 11.8 Å². The minimum absolute atomic E-state index is 0.171. The van der Waals surface area contributed by atoms with Crippen molar-refractivity contribution in [1.29, 1.82) is 0 Å². The van der Waals surface area contributed by atoms with Crippen molar-refractivity contribution >= 4 is 22.6 Å². The third-order valence-electron chi connectivity index (χ3n) is 4.67. The molecule has 0 N–H and O–H groups in total. The fourth-order valence-electron chi connectivity index (χ4n) is 3.59. The Kier molecular flexibility index (Phi) is 3.78. The van der Waals surface area contributed by atoms with E-state index in [-0.39, 0.29) is 5.79 Å². The van der Waals surface area contributed by atoms with E-state index in [4.69, 9.17) is 9.47 Å². The summed E-state index contributed by atoms with van der Waals surface area (Å²) in [5.41, 5.74) is 0. The minimum Gasteiger partial charge on any atom is -0.348 e. The van der Waals surface area contributed by atoms with Gasteiger partial charge in [-0.05, 0) is 70.1 Å². The van der Waals surface area contributed by atoms with Crippen molar-refractivity contribution in [3.05, 3.63) is 9.66 Å². The molecule has 1 aliphatic heterocycles. The highest BCUT2D eigenvalue weighted by Crippen LogP contribution is 2.44. The van der Waals surface area contributed by atoms with E-state index in [0.717, 1.165) is 37.9 Å². The molecule has 3 aliphatic rings. The lowest BCUT2D eigenvalue weighted by Gasteiger charge is -2.39. The van der Waals surface area contributed by atoms with Crippen LogP contribution in [0.1, 0.15) is 44.9 Å². The molecule has 0 aromatic rings. The van der Waals surface area contributed by atoms with Crippen molar-refractivity contribution in [2.45, 2.75) is 50.7 Å². The Labute approximate surface area is 117 Å². The second-order valence-corrected chi connectivity index (χ2v) is 7.02. The Morgan fingerprint density at radius 1 is 1.06 bits per heavy atom. The fraction of sp³-hybridized carbons (Fsp3) is 0.857. The number of hydrogen-bond acceptors (Lipinski definition) is 2. The molecule has 2 fully saturated rings. The average Bonchev–Trinajstić information content (AvgIpc) is 2.80. The molecule has 3 heteroatoms. The van der Waals surface area contributed by atoms with Gasteiger partial charge in [-0.15, -0.1) is 0 Å². The van der Waals surface area contributed by atoms with Crippen LogP contribution in [0.25, 0.3) is 0 Å². The van der Waals surface area contributed by atoms with Gasteiger partial charge in [0.2, 0.25) is 0 Å². The summed E-state index contributed by atoms with van der Waals surface area (Å²) in [6, 6.07) is 0. The van der Waals surface area contributed by atoms with Crippen LogP contribution in [-0.2, 0) is 9.47 Å². The van der Waals surface area contributed by atoms with E-state index < -0.39 is 0 Å². The highest BCUT2D eigenvalue weighted by molar-refractivity contribution is 14.1. The van der Waals surface area contributed by atoms with E-state index >= 15 is 0 Å². The molecule has 1 saturated carbocycles. The maximum Gasteiger partial charge on any atom is 0.168 e. The van der Waals surface area contributed by atoms with E-state index in [0.29, 0.717) is 0 Å². The van der Waals surface area contributed by atoms with Crippen LogP contribution in [0.4, 0.5) is 0 Å². The second-order valence-electron chi connectivity index (χ2n) is 5.63. The largest absolute Gasteiger partial charge is 0.348 e. The van der Waals surface area contributed by atoms with Gasteiger partial charge >= 0.3 is 0 Å². The summed E-state index contributed by atoms with van der Waals surface area (Å²) in [5, 5.41) is 0. The molecule has 0 radical (unpaired) electrons. The summed E-state index contributed by atoms with van der Waals surface area (Å²) in [7, 11) is 0. The molecule has 96 valence electrons. The highest BCUT2D eigenvalue weighted by atomic mass is 127. The van der Waals surface area contributed by atoms with Crippen molar-refractivity contribution in [3.8, 4) is 0 Å². The normalized spacial score (nSPS) is 33.9. The number of rotatable bonds is 1. The zero-order chi connectivity index (χ0) is 11.7. The van der Waals surface area contributed by atoms with Gasteiger partial charge in [-0.1, -0.05) is 6.08 Å². The van der Waals surface area contributed by atoms with Crippen LogP contribution in [-0.4, -0.2) is 19.0 Å². The van der Waals surface area contributed by atoms with Crippen molar-refractivity contribution < 1.29 is 9.47 Å². The topological polar surface area (TPSA) is 18.5 Å². The molecule has 1 saturated heterocycles. The van der Waals surface area contributed by atoms with E-state index in [1.54, 1.807) is 3.58 Å².